The molecule has 0 nitrogen and oxygen atoms in total. The number of rotatable bonds is 0. The number of hydrogen-bond donors (Lipinski definition) is 0. The van der Waals surface area contributed by atoms with E-state index >= 15 is 0 Å². The van der Waals surface area contributed by atoms with Gasteiger partial charge in [0.1, 0.15) is 0 Å². The minimum atomic E-state index is 0. The van der Waals surface area contributed by atoms with Gasteiger partial charge in [0.2, 0.25) is 0 Å². The van der Waals surface area contributed by atoms with Crippen molar-refractivity contribution in [2.75, 3.05) is 0 Å². The summed E-state index contributed by atoms with van der Waals surface area (Å²) in [7, 11) is 0. The first-order valence-electron chi connectivity index (χ1n) is 0. The zero-order valence-corrected chi connectivity index (χ0v) is 7.61. The van der Waals surface area contributed by atoms with Crippen molar-refractivity contribution in [1.82, 2.24) is 0 Å². The molecule has 3 radical (unpaired) electrons. The maximum absolute atomic E-state index is 0. The van der Waals surface area contributed by atoms with Crippen molar-refractivity contribution in [3.05, 3.63) is 0 Å². The Labute approximate surface area is 75.4 Å². The molecule has 4 heavy (non-hydrogen) atoms. The van der Waals surface area contributed by atoms with Crippen LogP contribution in [0.3, 0.4) is 0 Å². The van der Waals surface area contributed by atoms with Crippen molar-refractivity contribution < 1.29 is 33.6 Å². The summed E-state index contributed by atoms with van der Waals surface area (Å²) in [5.41, 5.74) is 0. The van der Waals surface area contributed by atoms with Crippen molar-refractivity contribution >= 4 is 42.8 Å². The van der Waals surface area contributed by atoms with Crippen LogP contribution >= 0.6 is 0 Å². The van der Waals surface area contributed by atoms with Crippen molar-refractivity contribution in [3.63, 3.8) is 0 Å². The molecule has 0 aromatic carbocycles. The molecule has 0 atom stereocenters. The Bertz CT molecular complexity index is 8.00. The Balaban J connectivity index is 0. The molecule has 0 bridgehead atoms. The first-order chi connectivity index (χ1) is 0. The van der Waals surface area contributed by atoms with Gasteiger partial charge in [-0.25, -0.2) is 0 Å². The van der Waals surface area contributed by atoms with Gasteiger partial charge in [0.25, 0.3) is 0 Å². The molecule has 0 saturated carbocycles. The van der Waals surface area contributed by atoms with Crippen LogP contribution in [0, 0.1) is 0 Å². The average Bonchev–Trinajstić information content (AvgIpc) is 0. The molecule has 0 aliphatic carbocycles. The van der Waals surface area contributed by atoms with Crippen LogP contribution in [0.15, 0.2) is 0 Å². The van der Waals surface area contributed by atoms with E-state index in [1.165, 1.54) is 0 Å². The molecule has 0 spiro atoms. The van der Waals surface area contributed by atoms with Gasteiger partial charge in [0, 0.05) is 33.6 Å². The van der Waals surface area contributed by atoms with E-state index in [1.807, 2.05) is 0 Å². The van der Waals surface area contributed by atoms with Gasteiger partial charge in [-0.1, -0.05) is 0 Å². The van der Waals surface area contributed by atoms with Crippen molar-refractivity contribution in [2.24, 2.45) is 0 Å². The molecule has 0 heterocycles. The summed E-state index contributed by atoms with van der Waals surface area (Å²) >= 11 is 0. The third-order valence-electron chi connectivity index (χ3n) is 0. The molecule has 0 N–H and O–H groups in total. The van der Waals surface area contributed by atoms with Gasteiger partial charge >= 0.3 is 42.8 Å². The summed E-state index contributed by atoms with van der Waals surface area (Å²) in [5, 5.41) is 0. The predicted molar refractivity (Wildman–Crippen MR) is 15.7 cm³/mol. The normalized spacial score (nSPS) is 0. The second kappa shape index (κ2) is 18.1. The SMILES string of the molecule is [LiH].[Mn].[Ni].[SnH2]. The molecule has 0 saturated heterocycles. The van der Waals surface area contributed by atoms with E-state index in [4.69, 9.17) is 0 Å². The summed E-state index contributed by atoms with van der Waals surface area (Å²) in [4.78, 5) is 0. The molecule has 0 aliphatic heterocycles. The van der Waals surface area contributed by atoms with E-state index in [1.54, 1.807) is 0 Å². The fourth-order valence-electron chi connectivity index (χ4n) is 0. The Kier molecular flexibility index (Phi) is 146. The van der Waals surface area contributed by atoms with Crippen LogP contribution in [0.1, 0.15) is 0 Å². The van der Waals surface area contributed by atoms with E-state index in [0.717, 1.165) is 0 Å². The Morgan fingerprint density at radius 1 is 1.00 bits per heavy atom. The van der Waals surface area contributed by atoms with Crippen molar-refractivity contribution in [1.29, 1.82) is 0 Å². The zero-order valence-electron chi connectivity index (χ0n) is 1.40. The standard InChI is InChI=1S/Li.Mn.Ni.Sn.3H. The summed E-state index contributed by atoms with van der Waals surface area (Å²) in [5.74, 6) is 0. The molecule has 0 rings (SSSR count). The second-order valence-electron chi connectivity index (χ2n) is 0. The van der Waals surface area contributed by atoms with E-state index in [-0.39, 0.29) is 76.3 Å². The second-order valence-corrected chi connectivity index (χ2v) is 0. The molecule has 0 aromatic heterocycles. The van der Waals surface area contributed by atoms with E-state index < -0.39 is 0 Å². The molecule has 0 fully saturated rings. The summed E-state index contributed by atoms with van der Waals surface area (Å²) in [6, 6.07) is 0. The van der Waals surface area contributed by atoms with Crippen molar-refractivity contribution in [3.8, 4) is 0 Å². The molecule has 4 heteroatoms. The van der Waals surface area contributed by atoms with Gasteiger partial charge in [-0.15, -0.1) is 0 Å². The summed E-state index contributed by atoms with van der Waals surface area (Å²) in [6.07, 6.45) is 0. The average molecular weight is 242 g/mol. The van der Waals surface area contributed by atoms with Gasteiger partial charge in [0.05, 0.1) is 0 Å². The Hall–Kier alpha value is 2.41. The van der Waals surface area contributed by atoms with E-state index in [0.29, 0.717) is 0 Å². The van der Waals surface area contributed by atoms with Crippen LogP contribution in [-0.2, 0) is 33.6 Å². The minimum absolute atomic E-state index is 0. The first kappa shape index (κ1) is 32.3. The molecule has 0 aliphatic rings. The van der Waals surface area contributed by atoms with Crippen LogP contribution in [0.2, 0.25) is 0 Å². The van der Waals surface area contributed by atoms with Gasteiger partial charge < -0.3 is 0 Å². The fourth-order valence-corrected chi connectivity index (χ4v) is 0. The summed E-state index contributed by atoms with van der Waals surface area (Å²) in [6.45, 7) is 0. The summed E-state index contributed by atoms with van der Waals surface area (Å²) < 4.78 is 0. The predicted octanol–water partition coefficient (Wildman–Crippen LogP) is -1.57. The fraction of sp³-hybridized carbons (Fsp3) is 0. The van der Waals surface area contributed by atoms with Crippen molar-refractivity contribution in [2.45, 2.75) is 0 Å². The first-order valence-corrected chi connectivity index (χ1v) is 0. The van der Waals surface area contributed by atoms with Gasteiger partial charge in [-0.3, -0.25) is 0 Å². The Morgan fingerprint density at radius 3 is 1.00 bits per heavy atom. The molecular weight excluding hydrogens is 239 g/mol. The molecule has 0 unspecified atom stereocenters. The Morgan fingerprint density at radius 2 is 1.00 bits per heavy atom. The van der Waals surface area contributed by atoms with E-state index in [9.17, 15) is 0 Å². The molecule has 0 aromatic rings. The molecule has 25 valence electrons. The number of hydrogen-bond acceptors (Lipinski definition) is 0. The van der Waals surface area contributed by atoms with Gasteiger partial charge in [-0.2, -0.15) is 0 Å². The molecule has 0 amide bonds. The van der Waals surface area contributed by atoms with Crippen LogP contribution in [-0.4, -0.2) is 42.8 Å². The van der Waals surface area contributed by atoms with Gasteiger partial charge in [0.15, 0.2) is 0 Å². The van der Waals surface area contributed by atoms with Crippen LogP contribution in [0.4, 0.5) is 0 Å². The topological polar surface area (TPSA) is 0 Å². The van der Waals surface area contributed by atoms with Gasteiger partial charge in [-0.05, 0) is 0 Å². The maximum atomic E-state index is 0. The molecular formula is H3LiMnNiSn. The quantitative estimate of drug-likeness (QED) is 0.450. The van der Waals surface area contributed by atoms with Crippen LogP contribution in [0.25, 0.3) is 0 Å². The zero-order chi connectivity index (χ0) is 0. The third kappa shape index (κ3) is 8.83. The monoisotopic (exact) mass is 243 g/mol. The van der Waals surface area contributed by atoms with Crippen LogP contribution < -0.4 is 0 Å². The third-order valence-corrected chi connectivity index (χ3v) is 0. The van der Waals surface area contributed by atoms with Crippen LogP contribution in [0.5, 0.6) is 0 Å². The van der Waals surface area contributed by atoms with E-state index in [2.05, 4.69) is 0 Å².